The summed E-state index contributed by atoms with van der Waals surface area (Å²) in [5.41, 5.74) is 8.82. The minimum atomic E-state index is -0.637. The predicted octanol–water partition coefficient (Wildman–Crippen LogP) is 4.84. The van der Waals surface area contributed by atoms with Crippen molar-refractivity contribution in [1.29, 1.82) is 0 Å². The van der Waals surface area contributed by atoms with Crippen LogP contribution >= 0.6 is 11.6 Å². The highest BCUT2D eigenvalue weighted by Gasteiger charge is 2.11. The lowest BCUT2D eigenvalue weighted by atomic mass is 10.1. The molecule has 0 aliphatic rings. The van der Waals surface area contributed by atoms with Gasteiger partial charge in [-0.3, -0.25) is 10.1 Å². The number of nitrogens with two attached hydrogens (primary N) is 1. The van der Waals surface area contributed by atoms with E-state index in [9.17, 15) is 9.59 Å². The van der Waals surface area contributed by atoms with E-state index in [1.165, 1.54) is 12.1 Å². The Kier molecular flexibility index (Phi) is 7.43. The summed E-state index contributed by atoms with van der Waals surface area (Å²) in [4.78, 5) is 24.7. The van der Waals surface area contributed by atoms with E-state index < -0.39 is 6.09 Å². The molecular weight excluding hydrogens is 402 g/mol. The Morgan fingerprint density at radius 2 is 1.63 bits per heavy atom. The minimum absolute atomic E-state index is 0.139. The summed E-state index contributed by atoms with van der Waals surface area (Å²) in [7, 11) is 0. The van der Waals surface area contributed by atoms with Crippen LogP contribution in [0.5, 0.6) is 0 Å². The van der Waals surface area contributed by atoms with Gasteiger partial charge in [-0.2, -0.15) is 0 Å². The molecule has 2 amide bonds. The molecule has 3 aromatic carbocycles. The molecule has 4 N–H and O–H groups in total. The van der Waals surface area contributed by atoms with Crippen molar-refractivity contribution in [2.24, 2.45) is 5.73 Å². The summed E-state index contributed by atoms with van der Waals surface area (Å²) in [6.45, 7) is 0.667. The zero-order valence-corrected chi connectivity index (χ0v) is 17.0. The molecule has 0 unspecified atom stereocenters. The monoisotopic (exact) mass is 423 g/mol. The van der Waals surface area contributed by atoms with Crippen LogP contribution in [0.2, 0.25) is 5.02 Å². The molecule has 154 valence electrons. The molecule has 0 saturated heterocycles. The maximum atomic E-state index is 12.6. The summed E-state index contributed by atoms with van der Waals surface area (Å²) in [5, 5.41) is 5.75. The fourth-order valence-corrected chi connectivity index (χ4v) is 3.08. The average Bonchev–Trinajstić information content (AvgIpc) is 2.73. The lowest BCUT2D eigenvalue weighted by Gasteiger charge is -2.11. The maximum Gasteiger partial charge on any atom is 0.411 e. The van der Waals surface area contributed by atoms with Crippen LogP contribution in [0.15, 0.2) is 72.8 Å². The fraction of sp³-hybridized carbons (Fsp3) is 0.130. The van der Waals surface area contributed by atoms with E-state index in [0.29, 0.717) is 28.5 Å². The van der Waals surface area contributed by atoms with Crippen LogP contribution in [-0.2, 0) is 17.8 Å². The molecule has 0 saturated carbocycles. The Balaban J connectivity index is 1.64. The van der Waals surface area contributed by atoms with E-state index in [2.05, 4.69) is 10.6 Å². The molecule has 0 spiro atoms. The largest absolute Gasteiger partial charge is 0.444 e. The number of carbonyl (C=O) groups excluding carboxylic acids is 2. The molecule has 0 atom stereocenters. The van der Waals surface area contributed by atoms with E-state index >= 15 is 0 Å². The van der Waals surface area contributed by atoms with Gasteiger partial charge in [0.2, 0.25) is 0 Å². The topological polar surface area (TPSA) is 93.5 Å². The van der Waals surface area contributed by atoms with Gasteiger partial charge in [-0.25, -0.2) is 4.79 Å². The summed E-state index contributed by atoms with van der Waals surface area (Å²) >= 11 is 6.13. The molecule has 0 heterocycles. The van der Waals surface area contributed by atoms with Crippen LogP contribution in [0.1, 0.15) is 21.5 Å². The second kappa shape index (κ2) is 10.4. The second-order valence-electron chi connectivity index (χ2n) is 6.61. The maximum absolute atomic E-state index is 12.6. The number of halogens is 1. The Bertz CT molecular complexity index is 1030. The molecule has 0 bridgehead atoms. The number of rotatable bonds is 7. The van der Waals surface area contributed by atoms with Crippen molar-refractivity contribution in [3.05, 3.63) is 94.5 Å². The van der Waals surface area contributed by atoms with Crippen LogP contribution in [0, 0.1) is 0 Å². The molecule has 3 aromatic rings. The molecule has 0 aromatic heterocycles. The van der Waals surface area contributed by atoms with Crippen molar-refractivity contribution in [3.8, 4) is 0 Å². The molecular formula is C23H22ClN3O3. The SMILES string of the molecule is NCCc1cccc(NC(=O)c2cc(Cl)cc(NC(=O)OCc3ccccc3)c2)c1. The van der Waals surface area contributed by atoms with E-state index in [-0.39, 0.29) is 12.5 Å². The van der Waals surface area contributed by atoms with Crippen LogP contribution in [0.4, 0.5) is 16.2 Å². The molecule has 3 rings (SSSR count). The highest BCUT2D eigenvalue weighted by atomic mass is 35.5. The quantitative estimate of drug-likeness (QED) is 0.506. The zero-order chi connectivity index (χ0) is 21.3. The highest BCUT2D eigenvalue weighted by molar-refractivity contribution is 6.31. The number of amides is 2. The van der Waals surface area contributed by atoms with E-state index in [1.54, 1.807) is 12.1 Å². The lowest BCUT2D eigenvalue weighted by molar-refractivity contribution is 0.102. The van der Waals surface area contributed by atoms with Crippen molar-refractivity contribution in [3.63, 3.8) is 0 Å². The molecule has 0 aliphatic heterocycles. The van der Waals surface area contributed by atoms with Gasteiger partial charge in [-0.05, 0) is 54.4 Å². The van der Waals surface area contributed by atoms with Gasteiger partial charge in [0.15, 0.2) is 0 Å². The first kappa shape index (κ1) is 21.4. The third-order valence-corrected chi connectivity index (χ3v) is 4.46. The first-order valence-corrected chi connectivity index (χ1v) is 9.80. The first-order chi connectivity index (χ1) is 14.5. The third kappa shape index (κ3) is 6.34. The van der Waals surface area contributed by atoms with Crippen LogP contribution < -0.4 is 16.4 Å². The van der Waals surface area contributed by atoms with Gasteiger partial charge >= 0.3 is 6.09 Å². The molecule has 0 aliphatic carbocycles. The summed E-state index contributed by atoms with van der Waals surface area (Å²) in [5.74, 6) is -0.344. The van der Waals surface area contributed by atoms with E-state index in [1.807, 2.05) is 48.5 Å². The average molecular weight is 424 g/mol. The Morgan fingerprint density at radius 1 is 0.867 bits per heavy atom. The molecule has 6 nitrogen and oxygen atoms in total. The number of hydrogen-bond donors (Lipinski definition) is 3. The summed E-state index contributed by atoms with van der Waals surface area (Å²) in [6.07, 6.45) is 0.0852. The lowest BCUT2D eigenvalue weighted by Crippen LogP contribution is -2.16. The van der Waals surface area contributed by atoms with E-state index in [4.69, 9.17) is 22.1 Å². The van der Waals surface area contributed by atoms with Crippen LogP contribution in [-0.4, -0.2) is 18.5 Å². The Labute approximate surface area is 180 Å². The number of benzene rings is 3. The number of ether oxygens (including phenoxy) is 1. The van der Waals surface area contributed by atoms with Crippen molar-refractivity contribution in [2.75, 3.05) is 17.2 Å². The minimum Gasteiger partial charge on any atom is -0.444 e. The Morgan fingerprint density at radius 3 is 2.40 bits per heavy atom. The molecule has 0 fully saturated rings. The standard InChI is InChI=1S/C23H22ClN3O3/c24-19-12-18(22(28)26-20-8-4-7-16(11-20)9-10-25)13-21(14-19)27-23(29)30-15-17-5-2-1-3-6-17/h1-8,11-14H,9-10,15,25H2,(H,26,28)(H,27,29). The number of nitrogens with one attached hydrogen (secondary N) is 2. The second-order valence-corrected chi connectivity index (χ2v) is 7.04. The smallest absolute Gasteiger partial charge is 0.411 e. The van der Waals surface area contributed by atoms with Gasteiger partial charge in [0.25, 0.3) is 5.91 Å². The number of anilines is 2. The zero-order valence-electron chi connectivity index (χ0n) is 16.2. The van der Waals surface area contributed by atoms with Gasteiger partial charge in [-0.1, -0.05) is 54.1 Å². The predicted molar refractivity (Wildman–Crippen MR) is 119 cm³/mol. The third-order valence-electron chi connectivity index (χ3n) is 4.24. The van der Waals surface area contributed by atoms with Crippen LogP contribution in [0.25, 0.3) is 0 Å². The van der Waals surface area contributed by atoms with Gasteiger partial charge in [0, 0.05) is 22.0 Å². The van der Waals surface area contributed by atoms with Crippen molar-refractivity contribution in [2.45, 2.75) is 13.0 Å². The van der Waals surface area contributed by atoms with Crippen molar-refractivity contribution in [1.82, 2.24) is 0 Å². The Hall–Kier alpha value is -3.35. The van der Waals surface area contributed by atoms with Crippen LogP contribution in [0.3, 0.4) is 0 Å². The molecule has 0 radical (unpaired) electrons. The number of carbonyl (C=O) groups is 2. The fourth-order valence-electron chi connectivity index (χ4n) is 2.84. The normalized spacial score (nSPS) is 10.3. The first-order valence-electron chi connectivity index (χ1n) is 9.42. The van der Waals surface area contributed by atoms with Crippen molar-refractivity contribution >= 4 is 35.0 Å². The van der Waals surface area contributed by atoms with Gasteiger partial charge in [0.05, 0.1) is 0 Å². The number of hydrogen-bond acceptors (Lipinski definition) is 4. The molecule has 30 heavy (non-hydrogen) atoms. The van der Waals surface area contributed by atoms with Gasteiger partial charge in [0.1, 0.15) is 6.61 Å². The van der Waals surface area contributed by atoms with Gasteiger partial charge in [-0.15, -0.1) is 0 Å². The summed E-state index contributed by atoms with van der Waals surface area (Å²) in [6, 6.07) is 21.4. The summed E-state index contributed by atoms with van der Waals surface area (Å²) < 4.78 is 5.20. The van der Waals surface area contributed by atoms with Gasteiger partial charge < -0.3 is 15.8 Å². The van der Waals surface area contributed by atoms with Crippen molar-refractivity contribution < 1.29 is 14.3 Å². The molecule has 7 heteroatoms. The van der Waals surface area contributed by atoms with E-state index in [0.717, 1.165) is 17.5 Å². The highest BCUT2D eigenvalue weighted by Crippen LogP contribution is 2.21.